The van der Waals surface area contributed by atoms with Gasteiger partial charge in [0.1, 0.15) is 6.67 Å². The maximum Gasteiger partial charge on any atom is 0.104 e. The van der Waals surface area contributed by atoms with Crippen molar-refractivity contribution in [2.24, 2.45) is 5.41 Å². The average molecular weight is 213 g/mol. The van der Waals surface area contributed by atoms with Gasteiger partial charge in [-0.2, -0.15) is 0 Å². The average Bonchev–Trinajstić information content (AvgIpc) is 2.17. The molecule has 0 saturated carbocycles. The third kappa shape index (κ3) is 3.94. The van der Waals surface area contributed by atoms with Gasteiger partial charge in [-0.25, -0.2) is 4.39 Å². The van der Waals surface area contributed by atoms with Crippen molar-refractivity contribution in [2.45, 2.75) is 59.0 Å². The molecule has 1 aliphatic carbocycles. The molecule has 0 saturated heterocycles. The highest BCUT2D eigenvalue weighted by atomic mass is 19.1. The molecule has 2 heteroatoms. The van der Waals surface area contributed by atoms with Crippen molar-refractivity contribution >= 4 is 0 Å². The van der Waals surface area contributed by atoms with Gasteiger partial charge in [0, 0.05) is 12.1 Å². The quantitative estimate of drug-likeness (QED) is 0.708. The predicted octanol–water partition coefficient (Wildman–Crippen LogP) is 3.46. The topological polar surface area (TPSA) is 12.0 Å². The molecule has 1 aliphatic rings. The molecule has 0 radical (unpaired) electrons. The zero-order valence-corrected chi connectivity index (χ0v) is 10.4. The van der Waals surface area contributed by atoms with Crippen molar-refractivity contribution in [1.82, 2.24) is 5.32 Å². The highest BCUT2D eigenvalue weighted by molar-refractivity contribution is 5.14. The Balaban J connectivity index is 2.44. The number of halogens is 1. The SMILES string of the molecule is CC(CF)N[C@@H]1CC=C(C(C)(C)C)CC1. The minimum atomic E-state index is -0.271. The largest absolute Gasteiger partial charge is 0.309 e. The van der Waals surface area contributed by atoms with Crippen LogP contribution in [0, 0.1) is 5.41 Å². The van der Waals surface area contributed by atoms with Crippen molar-refractivity contribution < 1.29 is 4.39 Å². The molecular weight excluding hydrogens is 189 g/mol. The summed E-state index contributed by atoms with van der Waals surface area (Å²) in [6.45, 7) is 8.42. The van der Waals surface area contributed by atoms with Crippen LogP contribution in [0.15, 0.2) is 11.6 Å². The molecule has 0 aromatic carbocycles. The van der Waals surface area contributed by atoms with Gasteiger partial charge in [-0.1, -0.05) is 32.4 Å². The van der Waals surface area contributed by atoms with Crippen LogP contribution in [-0.2, 0) is 0 Å². The number of hydrogen-bond donors (Lipinski definition) is 1. The summed E-state index contributed by atoms with van der Waals surface area (Å²) in [5.41, 5.74) is 1.85. The number of hydrogen-bond acceptors (Lipinski definition) is 1. The summed E-state index contributed by atoms with van der Waals surface area (Å²) in [4.78, 5) is 0. The summed E-state index contributed by atoms with van der Waals surface area (Å²) in [5, 5.41) is 3.32. The van der Waals surface area contributed by atoms with Gasteiger partial charge in [-0.15, -0.1) is 0 Å². The monoisotopic (exact) mass is 213 g/mol. The van der Waals surface area contributed by atoms with Crippen molar-refractivity contribution in [2.75, 3.05) is 6.67 Å². The molecule has 88 valence electrons. The van der Waals surface area contributed by atoms with E-state index in [1.807, 2.05) is 6.92 Å². The molecule has 1 rings (SSSR count). The summed E-state index contributed by atoms with van der Waals surface area (Å²) in [5.74, 6) is 0. The van der Waals surface area contributed by atoms with E-state index in [0.717, 1.165) is 19.3 Å². The molecule has 0 bridgehead atoms. The van der Waals surface area contributed by atoms with Gasteiger partial charge in [0.15, 0.2) is 0 Å². The van der Waals surface area contributed by atoms with Crippen LogP contribution < -0.4 is 5.32 Å². The Hall–Kier alpha value is -0.370. The van der Waals surface area contributed by atoms with Crippen LogP contribution in [0.3, 0.4) is 0 Å². The van der Waals surface area contributed by atoms with Crippen LogP contribution in [0.4, 0.5) is 4.39 Å². The van der Waals surface area contributed by atoms with E-state index in [1.165, 1.54) is 0 Å². The Morgan fingerprint density at radius 1 is 1.53 bits per heavy atom. The molecule has 2 atom stereocenters. The molecule has 1 N–H and O–H groups in total. The number of rotatable bonds is 3. The van der Waals surface area contributed by atoms with Crippen LogP contribution >= 0.6 is 0 Å². The summed E-state index contributed by atoms with van der Waals surface area (Å²) < 4.78 is 12.3. The maximum atomic E-state index is 12.3. The first-order chi connectivity index (χ1) is 6.93. The van der Waals surface area contributed by atoms with Gasteiger partial charge in [0.05, 0.1) is 0 Å². The van der Waals surface area contributed by atoms with E-state index in [-0.39, 0.29) is 12.7 Å². The van der Waals surface area contributed by atoms with E-state index in [4.69, 9.17) is 0 Å². The third-order valence-corrected chi connectivity index (χ3v) is 3.13. The second kappa shape index (κ2) is 5.11. The summed E-state index contributed by atoms with van der Waals surface area (Å²) in [6.07, 6.45) is 5.69. The second-order valence-electron chi connectivity index (χ2n) is 5.67. The summed E-state index contributed by atoms with van der Waals surface area (Å²) in [6, 6.07) is 0.474. The Labute approximate surface area is 93.1 Å². The Morgan fingerprint density at radius 2 is 2.20 bits per heavy atom. The minimum Gasteiger partial charge on any atom is -0.309 e. The van der Waals surface area contributed by atoms with Crippen LogP contribution in [0.2, 0.25) is 0 Å². The van der Waals surface area contributed by atoms with Gasteiger partial charge in [0.25, 0.3) is 0 Å². The minimum absolute atomic E-state index is 0.000383. The predicted molar refractivity (Wildman–Crippen MR) is 63.7 cm³/mol. The Kier molecular flexibility index (Phi) is 4.32. The van der Waals surface area contributed by atoms with Crippen LogP contribution in [-0.4, -0.2) is 18.8 Å². The molecule has 15 heavy (non-hydrogen) atoms. The fourth-order valence-corrected chi connectivity index (χ4v) is 2.11. The highest BCUT2D eigenvalue weighted by Gasteiger charge is 2.22. The summed E-state index contributed by atoms with van der Waals surface area (Å²) >= 11 is 0. The Morgan fingerprint density at radius 3 is 2.60 bits per heavy atom. The van der Waals surface area contributed by atoms with Crippen LogP contribution in [0.25, 0.3) is 0 Å². The zero-order chi connectivity index (χ0) is 11.5. The molecule has 0 aromatic rings. The maximum absolute atomic E-state index is 12.3. The Bertz CT molecular complexity index is 227. The van der Waals surface area contributed by atoms with Crippen molar-refractivity contribution in [3.05, 3.63) is 11.6 Å². The molecule has 0 fully saturated rings. The van der Waals surface area contributed by atoms with E-state index in [2.05, 4.69) is 32.2 Å². The molecule has 0 aromatic heterocycles. The van der Waals surface area contributed by atoms with Gasteiger partial charge in [0.2, 0.25) is 0 Å². The van der Waals surface area contributed by atoms with Gasteiger partial charge in [-0.3, -0.25) is 0 Å². The van der Waals surface area contributed by atoms with Crippen molar-refractivity contribution in [1.29, 1.82) is 0 Å². The lowest BCUT2D eigenvalue weighted by molar-refractivity contribution is 0.334. The molecule has 0 spiro atoms. The third-order valence-electron chi connectivity index (χ3n) is 3.13. The van der Waals surface area contributed by atoms with E-state index < -0.39 is 0 Å². The van der Waals surface area contributed by atoms with Gasteiger partial charge in [-0.05, 0) is 31.6 Å². The first kappa shape index (κ1) is 12.7. The van der Waals surface area contributed by atoms with Crippen molar-refractivity contribution in [3.63, 3.8) is 0 Å². The van der Waals surface area contributed by atoms with Gasteiger partial charge >= 0.3 is 0 Å². The molecule has 0 amide bonds. The van der Waals surface area contributed by atoms with Crippen LogP contribution in [0.5, 0.6) is 0 Å². The van der Waals surface area contributed by atoms with E-state index >= 15 is 0 Å². The number of alkyl halides is 1. The standard InChI is InChI=1S/C13H24FN/c1-10(9-14)15-12-7-5-11(6-8-12)13(2,3)4/h5,10,12,15H,6-9H2,1-4H3/t10?,12-/m1/s1. The fraction of sp³-hybridized carbons (Fsp3) is 0.846. The zero-order valence-electron chi connectivity index (χ0n) is 10.4. The molecule has 0 heterocycles. The fourth-order valence-electron chi connectivity index (χ4n) is 2.11. The first-order valence-electron chi connectivity index (χ1n) is 5.95. The van der Waals surface area contributed by atoms with E-state index in [1.54, 1.807) is 5.57 Å². The second-order valence-corrected chi connectivity index (χ2v) is 5.67. The highest BCUT2D eigenvalue weighted by Crippen LogP contribution is 2.33. The molecule has 1 unspecified atom stereocenters. The lowest BCUT2D eigenvalue weighted by Gasteiger charge is -2.31. The smallest absolute Gasteiger partial charge is 0.104 e. The first-order valence-corrected chi connectivity index (χ1v) is 5.95. The molecule has 1 nitrogen and oxygen atoms in total. The molecular formula is C13H24FN. The van der Waals surface area contributed by atoms with Crippen LogP contribution in [0.1, 0.15) is 47.0 Å². The lowest BCUT2D eigenvalue weighted by Crippen LogP contribution is -2.39. The normalized spacial score (nSPS) is 24.9. The lowest BCUT2D eigenvalue weighted by atomic mass is 9.79. The van der Waals surface area contributed by atoms with E-state index in [0.29, 0.717) is 11.5 Å². The number of nitrogens with one attached hydrogen (secondary N) is 1. The molecule has 0 aliphatic heterocycles. The van der Waals surface area contributed by atoms with Gasteiger partial charge < -0.3 is 5.32 Å². The van der Waals surface area contributed by atoms with E-state index in [9.17, 15) is 4.39 Å². The summed E-state index contributed by atoms with van der Waals surface area (Å²) in [7, 11) is 0. The van der Waals surface area contributed by atoms with Crippen molar-refractivity contribution in [3.8, 4) is 0 Å². The number of allylic oxidation sites excluding steroid dienone is 1.